The number of nitrogens with two attached hydrogens (primary N) is 2. The Balaban J connectivity index is 3.31. The maximum Gasteiger partial charge on any atom is 0.312 e. The largest absolute Gasteiger partial charge is 0.352 e. The van der Waals surface area contributed by atoms with Crippen LogP contribution in [-0.2, 0) is 4.79 Å². The van der Waals surface area contributed by atoms with Crippen molar-refractivity contribution in [2.24, 2.45) is 11.5 Å². The Bertz CT molecular complexity index is 174. The van der Waals surface area contributed by atoms with Crippen LogP contribution in [0.4, 0.5) is 4.79 Å². The number of halogens is 1. The van der Waals surface area contributed by atoms with E-state index < -0.39 is 12.1 Å². The Morgan fingerprint density at radius 2 is 2.08 bits per heavy atom. The van der Waals surface area contributed by atoms with Crippen molar-refractivity contribution in [1.29, 1.82) is 0 Å². The van der Waals surface area contributed by atoms with E-state index >= 15 is 0 Å². The molecule has 2 amide bonds. The zero-order valence-electron chi connectivity index (χ0n) is 6.55. The molecular formula is C6H12BrN3O2. The van der Waals surface area contributed by atoms with Crippen LogP contribution >= 0.6 is 15.9 Å². The smallest absolute Gasteiger partial charge is 0.312 e. The topological polar surface area (TPSA) is 98.2 Å². The van der Waals surface area contributed by atoms with Crippen molar-refractivity contribution in [3.63, 3.8) is 0 Å². The molecule has 0 aliphatic carbocycles. The zero-order chi connectivity index (χ0) is 9.56. The van der Waals surface area contributed by atoms with E-state index in [9.17, 15) is 9.59 Å². The Labute approximate surface area is 79.0 Å². The first-order chi connectivity index (χ1) is 5.54. The van der Waals surface area contributed by atoms with Gasteiger partial charge in [-0.3, -0.25) is 4.79 Å². The van der Waals surface area contributed by atoms with E-state index in [1.807, 2.05) is 0 Å². The molecule has 0 aromatic rings. The molecule has 0 saturated heterocycles. The Hall–Kier alpha value is -0.620. The van der Waals surface area contributed by atoms with Crippen molar-refractivity contribution >= 4 is 26.7 Å². The third-order valence-electron chi connectivity index (χ3n) is 1.28. The highest BCUT2D eigenvalue weighted by atomic mass is 79.9. The summed E-state index contributed by atoms with van der Waals surface area (Å²) >= 11 is 2.74. The van der Waals surface area contributed by atoms with Gasteiger partial charge in [0.1, 0.15) is 0 Å². The summed E-state index contributed by atoms with van der Waals surface area (Å²) in [6.45, 7) is 0.448. The molecule has 0 aromatic heterocycles. The van der Waals surface area contributed by atoms with Gasteiger partial charge in [0.25, 0.3) is 0 Å². The molecular weight excluding hydrogens is 226 g/mol. The van der Waals surface area contributed by atoms with E-state index in [0.717, 1.165) is 0 Å². The highest BCUT2D eigenvalue weighted by molar-refractivity contribution is 9.18. The molecule has 0 radical (unpaired) electrons. The zero-order valence-corrected chi connectivity index (χ0v) is 8.13. The monoisotopic (exact) mass is 237 g/mol. The van der Waals surface area contributed by atoms with Gasteiger partial charge in [0.2, 0.25) is 4.69 Å². The van der Waals surface area contributed by atoms with Crippen LogP contribution in [0.15, 0.2) is 0 Å². The third kappa shape index (κ3) is 6.11. The van der Waals surface area contributed by atoms with Gasteiger partial charge in [0.15, 0.2) is 0 Å². The summed E-state index contributed by atoms with van der Waals surface area (Å²) in [5, 5.41) is 2.40. The normalized spacial score (nSPS) is 12.2. The van der Waals surface area contributed by atoms with Crippen LogP contribution in [0.2, 0.25) is 0 Å². The van der Waals surface area contributed by atoms with E-state index in [-0.39, 0.29) is 4.69 Å². The van der Waals surface area contributed by atoms with Crippen LogP contribution in [0.25, 0.3) is 0 Å². The van der Waals surface area contributed by atoms with Crippen molar-refractivity contribution in [1.82, 2.24) is 5.32 Å². The number of nitrogens with one attached hydrogen (secondary N) is 1. The quantitative estimate of drug-likeness (QED) is 0.452. The van der Waals surface area contributed by atoms with Crippen LogP contribution in [-0.4, -0.2) is 23.3 Å². The van der Waals surface area contributed by atoms with Crippen molar-refractivity contribution < 1.29 is 9.59 Å². The molecule has 0 aliphatic rings. The van der Waals surface area contributed by atoms with Crippen LogP contribution in [0.1, 0.15) is 12.8 Å². The average Bonchev–Trinajstić information content (AvgIpc) is 1.97. The van der Waals surface area contributed by atoms with Crippen molar-refractivity contribution in [2.75, 3.05) is 6.54 Å². The summed E-state index contributed by atoms with van der Waals surface area (Å²) in [7, 11) is 0. The molecule has 0 aliphatic heterocycles. The van der Waals surface area contributed by atoms with Gasteiger partial charge >= 0.3 is 6.03 Å². The lowest BCUT2D eigenvalue weighted by molar-refractivity contribution is -0.111. The molecule has 1 atom stereocenters. The molecule has 0 fully saturated rings. The standard InChI is InChI=1S/C6H12BrN3O2/c7-5(11)4(8)2-1-3-10-6(9)12/h4H,1-3,8H2,(H3,9,10,12)/t4-/m0/s1. The summed E-state index contributed by atoms with van der Waals surface area (Å²) in [6.07, 6.45) is 1.17. The molecule has 12 heavy (non-hydrogen) atoms. The molecule has 6 heteroatoms. The number of primary amides is 1. The minimum absolute atomic E-state index is 0.221. The van der Waals surface area contributed by atoms with Gasteiger partial charge in [0, 0.05) is 6.54 Å². The molecule has 0 heterocycles. The fourth-order valence-electron chi connectivity index (χ4n) is 0.647. The van der Waals surface area contributed by atoms with E-state index in [0.29, 0.717) is 19.4 Å². The van der Waals surface area contributed by atoms with Crippen LogP contribution < -0.4 is 16.8 Å². The SMILES string of the molecule is NC(=O)NCCC[C@H](N)C(=O)Br. The van der Waals surface area contributed by atoms with Gasteiger partial charge < -0.3 is 16.8 Å². The minimum Gasteiger partial charge on any atom is -0.352 e. The van der Waals surface area contributed by atoms with Crippen molar-refractivity contribution in [2.45, 2.75) is 18.9 Å². The van der Waals surface area contributed by atoms with Gasteiger partial charge in [-0.05, 0) is 28.8 Å². The Morgan fingerprint density at radius 1 is 1.50 bits per heavy atom. The molecule has 0 bridgehead atoms. The number of amides is 2. The van der Waals surface area contributed by atoms with Crippen molar-refractivity contribution in [3.8, 4) is 0 Å². The molecule has 5 N–H and O–H groups in total. The maximum absolute atomic E-state index is 10.6. The number of hydrogen-bond acceptors (Lipinski definition) is 3. The fourth-order valence-corrected chi connectivity index (χ4v) is 0.876. The van der Waals surface area contributed by atoms with E-state index in [1.54, 1.807) is 0 Å². The summed E-state index contributed by atoms with van der Waals surface area (Å²) in [5.74, 6) is 0. The van der Waals surface area contributed by atoms with Gasteiger partial charge in [-0.25, -0.2) is 4.79 Å². The lowest BCUT2D eigenvalue weighted by Gasteiger charge is -2.05. The van der Waals surface area contributed by atoms with Gasteiger partial charge in [-0.15, -0.1) is 0 Å². The van der Waals surface area contributed by atoms with E-state index in [1.165, 1.54) is 0 Å². The molecule has 70 valence electrons. The van der Waals surface area contributed by atoms with Gasteiger partial charge in [-0.2, -0.15) is 0 Å². The summed E-state index contributed by atoms with van der Waals surface area (Å²) in [5.41, 5.74) is 10.2. The fraction of sp³-hybridized carbons (Fsp3) is 0.667. The van der Waals surface area contributed by atoms with Crippen LogP contribution in [0.3, 0.4) is 0 Å². The second kappa shape index (κ2) is 5.96. The number of rotatable bonds is 5. The Morgan fingerprint density at radius 3 is 2.50 bits per heavy atom. The number of hydrogen-bond donors (Lipinski definition) is 3. The summed E-state index contributed by atoms with van der Waals surface area (Å²) in [4.78, 5) is 20.7. The van der Waals surface area contributed by atoms with Gasteiger partial charge in [-0.1, -0.05) is 0 Å². The summed E-state index contributed by atoms with van der Waals surface area (Å²) in [6, 6.07) is -1.06. The molecule has 0 aromatic carbocycles. The van der Waals surface area contributed by atoms with E-state index in [2.05, 4.69) is 21.2 Å². The number of carbonyl (C=O) groups excluding carboxylic acids is 2. The maximum atomic E-state index is 10.6. The van der Waals surface area contributed by atoms with Gasteiger partial charge in [0.05, 0.1) is 6.04 Å². The first-order valence-electron chi connectivity index (χ1n) is 3.52. The first kappa shape index (κ1) is 11.4. The Kier molecular flexibility index (Phi) is 5.65. The predicted molar refractivity (Wildman–Crippen MR) is 48.7 cm³/mol. The third-order valence-corrected chi connectivity index (χ3v) is 1.87. The first-order valence-corrected chi connectivity index (χ1v) is 4.31. The lowest BCUT2D eigenvalue weighted by Crippen LogP contribution is -2.32. The molecule has 0 unspecified atom stereocenters. The molecule has 5 nitrogen and oxygen atoms in total. The molecule has 0 saturated carbocycles. The second-order valence-electron chi connectivity index (χ2n) is 2.34. The average molecular weight is 238 g/mol. The molecule has 0 spiro atoms. The van der Waals surface area contributed by atoms with Crippen LogP contribution in [0.5, 0.6) is 0 Å². The second-order valence-corrected chi connectivity index (χ2v) is 3.13. The highest BCUT2D eigenvalue weighted by Gasteiger charge is 2.08. The van der Waals surface area contributed by atoms with Crippen LogP contribution in [0, 0.1) is 0 Å². The predicted octanol–water partition coefficient (Wildman–Crippen LogP) is -0.316. The van der Waals surface area contributed by atoms with E-state index in [4.69, 9.17) is 11.5 Å². The molecule has 0 rings (SSSR count). The lowest BCUT2D eigenvalue weighted by atomic mass is 10.2. The highest BCUT2D eigenvalue weighted by Crippen LogP contribution is 1.98. The number of urea groups is 1. The van der Waals surface area contributed by atoms with Crippen molar-refractivity contribution in [3.05, 3.63) is 0 Å². The minimum atomic E-state index is -0.561. The summed E-state index contributed by atoms with van der Waals surface area (Å²) < 4.78 is -0.221. The number of carbonyl (C=O) groups is 2.